The van der Waals surface area contributed by atoms with Crippen LogP contribution in [0.5, 0.6) is 17.2 Å². The molecule has 0 aliphatic carbocycles. The quantitative estimate of drug-likeness (QED) is 0.722. The monoisotopic (exact) mass is 228 g/mol. The summed E-state index contributed by atoms with van der Waals surface area (Å²) in [6.45, 7) is 0.127. The molecule has 2 rings (SSSR count). The zero-order chi connectivity index (χ0) is 10.8. The highest BCUT2D eigenvalue weighted by atomic mass is 35.5. The zero-order valence-electron chi connectivity index (χ0n) is 8.03. The summed E-state index contributed by atoms with van der Waals surface area (Å²) in [5.74, 6) is 1.73. The summed E-state index contributed by atoms with van der Waals surface area (Å²) < 4.78 is 15.7. The van der Waals surface area contributed by atoms with Gasteiger partial charge in [-0.15, -0.1) is 0 Å². The third-order valence-electron chi connectivity index (χ3n) is 2.06. The molecule has 0 saturated carbocycles. The number of halogens is 1. The number of hydrogen-bond donors (Lipinski definition) is 0. The summed E-state index contributed by atoms with van der Waals surface area (Å²) in [5, 5.41) is -0.559. The molecule has 0 saturated heterocycles. The average Bonchev–Trinajstić information content (AvgIpc) is 2.27. The van der Waals surface area contributed by atoms with Gasteiger partial charge in [-0.3, -0.25) is 4.79 Å². The Morgan fingerprint density at radius 1 is 1.53 bits per heavy atom. The first-order valence-electron chi connectivity index (χ1n) is 4.37. The molecular weight excluding hydrogens is 220 g/mol. The lowest BCUT2D eigenvalue weighted by molar-refractivity contribution is -0.120. The first-order valence-corrected chi connectivity index (χ1v) is 4.75. The molecule has 4 nitrogen and oxygen atoms in total. The van der Waals surface area contributed by atoms with E-state index in [-0.39, 0.29) is 6.61 Å². The number of carbonyl (C=O) groups is 1. The van der Waals surface area contributed by atoms with Gasteiger partial charge in [0, 0.05) is 6.07 Å². The van der Waals surface area contributed by atoms with Gasteiger partial charge in [-0.1, -0.05) is 0 Å². The Morgan fingerprint density at radius 3 is 3.00 bits per heavy atom. The first kappa shape index (κ1) is 10.1. The van der Waals surface area contributed by atoms with E-state index in [0.717, 1.165) is 0 Å². The van der Waals surface area contributed by atoms with Gasteiger partial charge in [0.1, 0.15) is 12.4 Å². The van der Waals surface area contributed by atoms with Crippen LogP contribution >= 0.6 is 11.6 Å². The molecule has 80 valence electrons. The summed E-state index contributed by atoms with van der Waals surface area (Å²) in [7, 11) is 1.57. The Balaban J connectivity index is 2.24. The number of fused-ring (bicyclic) bond motifs is 1. The van der Waals surface area contributed by atoms with Crippen molar-refractivity contribution in [1.82, 2.24) is 0 Å². The summed E-state index contributed by atoms with van der Waals surface area (Å²) in [6.07, 6.45) is -0.729. The molecule has 0 spiro atoms. The van der Waals surface area contributed by atoms with Crippen molar-refractivity contribution in [2.75, 3.05) is 13.7 Å². The third kappa shape index (κ3) is 1.99. The van der Waals surface area contributed by atoms with Crippen LogP contribution in [0.2, 0.25) is 0 Å². The van der Waals surface area contributed by atoms with Crippen molar-refractivity contribution in [2.45, 2.75) is 6.10 Å². The average molecular weight is 229 g/mol. The molecule has 1 aliphatic heterocycles. The Bertz CT molecular complexity index is 391. The predicted octanol–water partition coefficient (Wildman–Crippen LogP) is 1.60. The Labute approximate surface area is 91.7 Å². The molecule has 1 aromatic carbocycles. The molecular formula is C10H9ClO4. The fourth-order valence-electron chi connectivity index (χ4n) is 1.29. The van der Waals surface area contributed by atoms with Crippen molar-refractivity contribution >= 4 is 16.8 Å². The highest BCUT2D eigenvalue weighted by Crippen LogP contribution is 2.35. The van der Waals surface area contributed by atoms with Crippen molar-refractivity contribution in [3.8, 4) is 17.2 Å². The maximum absolute atomic E-state index is 10.9. The van der Waals surface area contributed by atoms with Crippen LogP contribution in [0.15, 0.2) is 18.2 Å². The number of hydrogen-bond acceptors (Lipinski definition) is 4. The van der Waals surface area contributed by atoms with Crippen molar-refractivity contribution in [2.24, 2.45) is 0 Å². The Morgan fingerprint density at radius 2 is 2.33 bits per heavy atom. The van der Waals surface area contributed by atoms with Crippen LogP contribution in [0.25, 0.3) is 0 Å². The summed E-state index contributed by atoms with van der Waals surface area (Å²) in [4.78, 5) is 10.9. The lowest BCUT2D eigenvalue weighted by Crippen LogP contribution is -2.33. The van der Waals surface area contributed by atoms with Crippen LogP contribution in [-0.4, -0.2) is 25.1 Å². The van der Waals surface area contributed by atoms with Crippen molar-refractivity contribution in [3.05, 3.63) is 18.2 Å². The molecule has 1 heterocycles. The zero-order valence-corrected chi connectivity index (χ0v) is 8.78. The molecule has 0 bridgehead atoms. The van der Waals surface area contributed by atoms with Crippen LogP contribution in [0.1, 0.15) is 0 Å². The van der Waals surface area contributed by atoms with Gasteiger partial charge in [0.2, 0.25) is 6.10 Å². The van der Waals surface area contributed by atoms with E-state index in [1.54, 1.807) is 25.3 Å². The number of benzene rings is 1. The van der Waals surface area contributed by atoms with Crippen molar-refractivity contribution < 1.29 is 19.0 Å². The molecule has 0 aromatic heterocycles. The smallest absolute Gasteiger partial charge is 0.265 e. The van der Waals surface area contributed by atoms with Gasteiger partial charge in [0.15, 0.2) is 11.5 Å². The second-order valence-electron chi connectivity index (χ2n) is 3.03. The van der Waals surface area contributed by atoms with Crippen LogP contribution in [0, 0.1) is 0 Å². The van der Waals surface area contributed by atoms with Crippen molar-refractivity contribution in [3.63, 3.8) is 0 Å². The minimum Gasteiger partial charge on any atom is -0.497 e. The van der Waals surface area contributed by atoms with E-state index in [9.17, 15) is 4.79 Å². The van der Waals surface area contributed by atoms with Crippen LogP contribution in [0.4, 0.5) is 0 Å². The van der Waals surface area contributed by atoms with Gasteiger partial charge in [-0.05, 0) is 23.7 Å². The highest BCUT2D eigenvalue weighted by Gasteiger charge is 2.26. The standard InChI is InChI=1S/C10H9ClO4/c1-13-6-2-3-7-8(4-6)14-5-9(15-7)10(11)12/h2-4,9H,5H2,1H3. The van der Waals surface area contributed by atoms with E-state index in [1.165, 1.54) is 0 Å². The van der Waals surface area contributed by atoms with Crippen LogP contribution < -0.4 is 14.2 Å². The minimum atomic E-state index is -0.729. The molecule has 1 unspecified atom stereocenters. The molecule has 1 aliphatic rings. The van der Waals surface area contributed by atoms with Crippen LogP contribution in [0.3, 0.4) is 0 Å². The van der Waals surface area contributed by atoms with Gasteiger partial charge in [0.25, 0.3) is 5.24 Å². The molecule has 15 heavy (non-hydrogen) atoms. The molecule has 0 fully saturated rings. The maximum Gasteiger partial charge on any atom is 0.265 e. The van der Waals surface area contributed by atoms with Gasteiger partial charge < -0.3 is 14.2 Å². The molecule has 0 amide bonds. The largest absolute Gasteiger partial charge is 0.497 e. The van der Waals surface area contributed by atoms with E-state index in [1.807, 2.05) is 0 Å². The topological polar surface area (TPSA) is 44.8 Å². The molecule has 0 N–H and O–H groups in total. The minimum absolute atomic E-state index is 0.127. The van der Waals surface area contributed by atoms with Gasteiger partial charge in [-0.25, -0.2) is 0 Å². The summed E-state index contributed by atoms with van der Waals surface area (Å²) in [6, 6.07) is 5.10. The van der Waals surface area contributed by atoms with Gasteiger partial charge in [-0.2, -0.15) is 0 Å². The van der Waals surface area contributed by atoms with E-state index in [4.69, 9.17) is 25.8 Å². The molecule has 1 atom stereocenters. The maximum atomic E-state index is 10.9. The number of rotatable bonds is 2. The van der Waals surface area contributed by atoms with E-state index < -0.39 is 11.3 Å². The fourth-order valence-corrected chi connectivity index (χ4v) is 1.40. The second kappa shape index (κ2) is 3.98. The van der Waals surface area contributed by atoms with Gasteiger partial charge in [0.05, 0.1) is 7.11 Å². The van der Waals surface area contributed by atoms with Gasteiger partial charge >= 0.3 is 0 Å². The molecule has 1 aromatic rings. The SMILES string of the molecule is COc1ccc2c(c1)OCC(C(=O)Cl)O2. The summed E-state index contributed by atoms with van der Waals surface area (Å²) in [5.41, 5.74) is 0. The highest BCUT2D eigenvalue weighted by molar-refractivity contribution is 6.64. The number of ether oxygens (including phenoxy) is 3. The number of carbonyl (C=O) groups excluding carboxylic acids is 1. The third-order valence-corrected chi connectivity index (χ3v) is 2.31. The summed E-state index contributed by atoms with van der Waals surface area (Å²) >= 11 is 5.31. The van der Waals surface area contributed by atoms with Crippen LogP contribution in [-0.2, 0) is 4.79 Å². The fraction of sp³-hybridized carbons (Fsp3) is 0.300. The second-order valence-corrected chi connectivity index (χ2v) is 3.41. The Kier molecular flexibility index (Phi) is 2.68. The van der Waals surface area contributed by atoms with E-state index >= 15 is 0 Å². The van der Waals surface area contributed by atoms with Crippen molar-refractivity contribution in [1.29, 1.82) is 0 Å². The predicted molar refractivity (Wildman–Crippen MR) is 53.8 cm³/mol. The van der Waals surface area contributed by atoms with E-state index in [2.05, 4.69) is 0 Å². The van der Waals surface area contributed by atoms with E-state index in [0.29, 0.717) is 17.2 Å². The Hall–Kier alpha value is -1.42. The molecule has 0 radical (unpaired) electrons. The lowest BCUT2D eigenvalue weighted by atomic mass is 10.2. The molecule has 5 heteroatoms. The number of methoxy groups -OCH3 is 1. The first-order chi connectivity index (χ1) is 7.20. The lowest BCUT2D eigenvalue weighted by Gasteiger charge is -2.24. The normalized spacial score (nSPS) is 18.4.